The van der Waals surface area contributed by atoms with Gasteiger partial charge in [-0.1, -0.05) is 18.2 Å². The summed E-state index contributed by atoms with van der Waals surface area (Å²) in [5, 5.41) is 10.0. The summed E-state index contributed by atoms with van der Waals surface area (Å²) in [6.45, 7) is 1.86. The number of hydrogen-bond acceptors (Lipinski definition) is 6. The number of aliphatic hydroxyl groups is 1. The molecule has 9 nitrogen and oxygen atoms in total. The fourth-order valence-electron chi connectivity index (χ4n) is 4.48. The maximum Gasteiger partial charge on any atom is 0.266 e. The van der Waals surface area contributed by atoms with Crippen LogP contribution in [0.1, 0.15) is 33.9 Å². The van der Waals surface area contributed by atoms with Crippen molar-refractivity contribution in [1.82, 2.24) is 24.7 Å². The van der Waals surface area contributed by atoms with Crippen LogP contribution in [0.2, 0.25) is 0 Å². The van der Waals surface area contributed by atoms with Crippen LogP contribution in [0.3, 0.4) is 0 Å². The number of benzene rings is 2. The van der Waals surface area contributed by atoms with Gasteiger partial charge in [-0.05, 0) is 41.8 Å². The fraction of sp³-hybridized carbons (Fsp3) is 0.385. The van der Waals surface area contributed by atoms with E-state index in [1.807, 2.05) is 24.3 Å². The number of carbonyl (C=O) groups is 2. The van der Waals surface area contributed by atoms with E-state index >= 15 is 0 Å². The third-order valence-corrected chi connectivity index (χ3v) is 6.46. The molecule has 3 aromatic rings. The summed E-state index contributed by atoms with van der Waals surface area (Å²) in [6, 6.07) is 12.5. The Hall–Kier alpha value is -3.56. The standard InChI is InChI=1S/C26H31N5O4/c1-29(2)26(35)19-6-4-5-18(13-19)23(16-31-10-9-20(32)15-31)30(3)25(34)12-17-7-8-21-22(11-17)28-24(33)14-27-21/h4-8,11,13-14,20,23,32H,9-10,12,15-16H2,1-3H3,(H,28,33)/t20-,23?/m0/s1. The van der Waals surface area contributed by atoms with E-state index in [1.165, 1.54) is 11.1 Å². The normalized spacial score (nSPS) is 16.9. The van der Waals surface area contributed by atoms with E-state index in [4.69, 9.17) is 0 Å². The Morgan fingerprint density at radius 1 is 1.20 bits per heavy atom. The molecule has 1 aliphatic rings. The zero-order valence-corrected chi connectivity index (χ0v) is 20.3. The molecule has 184 valence electrons. The van der Waals surface area contributed by atoms with Crippen LogP contribution in [0.4, 0.5) is 0 Å². The van der Waals surface area contributed by atoms with Gasteiger partial charge >= 0.3 is 0 Å². The van der Waals surface area contributed by atoms with E-state index in [0.29, 0.717) is 36.1 Å². The summed E-state index contributed by atoms with van der Waals surface area (Å²) in [6.07, 6.45) is 1.72. The molecule has 0 spiro atoms. The van der Waals surface area contributed by atoms with Gasteiger partial charge in [-0.25, -0.2) is 4.98 Å². The van der Waals surface area contributed by atoms with Crippen LogP contribution < -0.4 is 5.56 Å². The number of β-amino-alcohol motifs (C(OH)–C–C–N with tert-alkyl or cyclic N) is 1. The second-order valence-corrected chi connectivity index (χ2v) is 9.32. The summed E-state index contributed by atoms with van der Waals surface area (Å²) >= 11 is 0. The number of nitrogens with zero attached hydrogens (tertiary/aromatic N) is 4. The van der Waals surface area contributed by atoms with Crippen molar-refractivity contribution in [2.45, 2.75) is 25.0 Å². The second kappa shape index (κ2) is 10.4. The van der Waals surface area contributed by atoms with Crippen molar-refractivity contribution in [3.8, 4) is 0 Å². The lowest BCUT2D eigenvalue weighted by atomic mass is 10.0. The summed E-state index contributed by atoms with van der Waals surface area (Å²) < 4.78 is 0. The van der Waals surface area contributed by atoms with Gasteiger partial charge in [0.25, 0.3) is 11.5 Å². The van der Waals surface area contributed by atoms with Crippen molar-refractivity contribution in [2.75, 3.05) is 40.8 Å². The van der Waals surface area contributed by atoms with Gasteiger partial charge in [0.1, 0.15) is 0 Å². The van der Waals surface area contributed by atoms with Gasteiger partial charge in [-0.2, -0.15) is 0 Å². The average molecular weight is 478 g/mol. The van der Waals surface area contributed by atoms with E-state index in [9.17, 15) is 19.5 Å². The van der Waals surface area contributed by atoms with Crippen molar-refractivity contribution in [2.24, 2.45) is 0 Å². The van der Waals surface area contributed by atoms with Crippen molar-refractivity contribution in [1.29, 1.82) is 0 Å². The molecule has 0 aliphatic carbocycles. The van der Waals surface area contributed by atoms with E-state index in [0.717, 1.165) is 17.7 Å². The molecule has 0 radical (unpaired) electrons. The third kappa shape index (κ3) is 5.75. The summed E-state index contributed by atoms with van der Waals surface area (Å²) in [7, 11) is 5.19. The first-order valence-corrected chi connectivity index (χ1v) is 11.7. The lowest BCUT2D eigenvalue weighted by Crippen LogP contribution is -2.39. The highest BCUT2D eigenvalue weighted by atomic mass is 16.3. The maximum absolute atomic E-state index is 13.4. The van der Waals surface area contributed by atoms with Crippen LogP contribution >= 0.6 is 0 Å². The molecule has 1 saturated heterocycles. The second-order valence-electron chi connectivity index (χ2n) is 9.32. The smallest absolute Gasteiger partial charge is 0.266 e. The van der Waals surface area contributed by atoms with E-state index in [-0.39, 0.29) is 35.9 Å². The van der Waals surface area contributed by atoms with Crippen LogP contribution in [0, 0.1) is 0 Å². The van der Waals surface area contributed by atoms with Crippen LogP contribution in [-0.2, 0) is 11.2 Å². The molecule has 1 aliphatic heterocycles. The largest absolute Gasteiger partial charge is 0.392 e. The highest BCUT2D eigenvalue weighted by Gasteiger charge is 2.28. The molecule has 0 bridgehead atoms. The minimum absolute atomic E-state index is 0.0929. The molecule has 9 heteroatoms. The number of nitrogens with one attached hydrogen (secondary N) is 1. The lowest BCUT2D eigenvalue weighted by molar-refractivity contribution is -0.131. The van der Waals surface area contributed by atoms with Crippen LogP contribution in [-0.4, -0.2) is 88.5 Å². The van der Waals surface area contributed by atoms with Gasteiger partial charge in [0.2, 0.25) is 5.91 Å². The molecule has 1 aromatic heterocycles. The lowest BCUT2D eigenvalue weighted by Gasteiger charge is -2.32. The monoisotopic (exact) mass is 477 g/mol. The number of rotatable bonds is 7. The van der Waals surface area contributed by atoms with Crippen molar-refractivity contribution in [3.05, 3.63) is 75.7 Å². The van der Waals surface area contributed by atoms with E-state index < -0.39 is 0 Å². The molecule has 2 heterocycles. The predicted molar refractivity (Wildman–Crippen MR) is 133 cm³/mol. The number of fused-ring (bicyclic) bond motifs is 1. The molecule has 2 amide bonds. The quantitative estimate of drug-likeness (QED) is 0.533. The summed E-state index contributed by atoms with van der Waals surface area (Å²) in [5.41, 5.74) is 3.14. The molecule has 35 heavy (non-hydrogen) atoms. The minimum Gasteiger partial charge on any atom is -0.392 e. The molecular formula is C26H31N5O4. The van der Waals surface area contributed by atoms with E-state index in [2.05, 4.69) is 14.9 Å². The Kier molecular flexibility index (Phi) is 7.28. The minimum atomic E-state index is -0.369. The van der Waals surface area contributed by atoms with Crippen molar-refractivity contribution < 1.29 is 14.7 Å². The van der Waals surface area contributed by atoms with Crippen molar-refractivity contribution >= 4 is 22.8 Å². The Bertz CT molecular complexity index is 1290. The number of aromatic amines is 1. The van der Waals surface area contributed by atoms with Crippen LogP contribution in [0.5, 0.6) is 0 Å². The SMILES string of the molecule is CN(C)C(=O)c1cccc(C(CN2CC[C@H](O)C2)N(C)C(=O)Cc2ccc3ncc(=O)[nH]c3c2)c1. The topological polar surface area (TPSA) is 110 Å². The molecule has 1 unspecified atom stereocenters. The Morgan fingerprint density at radius 3 is 2.71 bits per heavy atom. The Morgan fingerprint density at radius 2 is 2.00 bits per heavy atom. The zero-order valence-electron chi connectivity index (χ0n) is 20.3. The van der Waals surface area contributed by atoms with Gasteiger partial charge in [0, 0.05) is 46.3 Å². The highest BCUT2D eigenvalue weighted by molar-refractivity contribution is 5.94. The summed E-state index contributed by atoms with van der Waals surface area (Å²) in [5.74, 6) is -0.195. The van der Waals surface area contributed by atoms with Crippen LogP contribution in [0.25, 0.3) is 11.0 Å². The van der Waals surface area contributed by atoms with Crippen molar-refractivity contribution in [3.63, 3.8) is 0 Å². The molecule has 2 aromatic carbocycles. The van der Waals surface area contributed by atoms with Gasteiger partial charge in [-0.3, -0.25) is 19.3 Å². The number of likely N-dealkylation sites (tertiary alicyclic amines) is 1. The number of H-pyrrole nitrogens is 1. The third-order valence-electron chi connectivity index (χ3n) is 6.46. The average Bonchev–Trinajstić information content (AvgIpc) is 3.26. The van der Waals surface area contributed by atoms with E-state index in [1.54, 1.807) is 44.2 Å². The molecule has 2 N–H and O–H groups in total. The van der Waals surface area contributed by atoms with Gasteiger partial charge in [0.05, 0.1) is 35.8 Å². The summed E-state index contributed by atoms with van der Waals surface area (Å²) in [4.78, 5) is 49.8. The Balaban J connectivity index is 1.60. The van der Waals surface area contributed by atoms with Gasteiger partial charge in [0.15, 0.2) is 0 Å². The Labute approximate surface area is 204 Å². The number of likely N-dealkylation sites (N-methyl/N-ethyl adjacent to an activating group) is 1. The number of aromatic nitrogens is 2. The first kappa shape index (κ1) is 24.6. The highest BCUT2D eigenvalue weighted by Crippen LogP contribution is 2.25. The number of carbonyl (C=O) groups excluding carboxylic acids is 2. The molecule has 4 rings (SSSR count). The fourth-order valence-corrected chi connectivity index (χ4v) is 4.48. The first-order chi connectivity index (χ1) is 16.7. The maximum atomic E-state index is 13.4. The molecular weight excluding hydrogens is 446 g/mol. The van der Waals surface area contributed by atoms with Crippen LogP contribution in [0.15, 0.2) is 53.5 Å². The number of hydrogen-bond donors (Lipinski definition) is 2. The van der Waals surface area contributed by atoms with Gasteiger partial charge < -0.3 is 19.9 Å². The predicted octanol–water partition coefficient (Wildman–Crippen LogP) is 1.43. The molecule has 0 saturated carbocycles. The van der Waals surface area contributed by atoms with Gasteiger partial charge in [-0.15, -0.1) is 0 Å². The zero-order chi connectivity index (χ0) is 25.1. The first-order valence-electron chi connectivity index (χ1n) is 11.7. The molecule has 2 atom stereocenters. The number of aliphatic hydroxyl groups excluding tert-OH is 1. The number of amides is 2. The molecule has 1 fully saturated rings.